The van der Waals surface area contributed by atoms with Gasteiger partial charge in [0.1, 0.15) is 11.5 Å². The van der Waals surface area contributed by atoms with Gasteiger partial charge in [0, 0.05) is 25.2 Å². The van der Waals surface area contributed by atoms with Gasteiger partial charge in [-0.15, -0.1) is 0 Å². The van der Waals surface area contributed by atoms with E-state index in [0.717, 1.165) is 44.0 Å². The van der Waals surface area contributed by atoms with Crippen LogP contribution in [0.3, 0.4) is 0 Å². The standard InChI is InChI=1S/C18H21NO2.C4H4O4/c1-2-7-16(8-3-1)21-18-9-5-4-6-15(18)10-11-17-14-19-12-13-20-17;5-3(6)1-2-4(7)8/h1-9,17,19H,10-14H2;1-2H,(H,5,6)(H,7,8)/b;2-1-. The van der Waals surface area contributed by atoms with Gasteiger partial charge in [-0.05, 0) is 36.6 Å². The van der Waals surface area contributed by atoms with Gasteiger partial charge in [0.2, 0.25) is 0 Å². The molecule has 2 aromatic carbocycles. The van der Waals surface area contributed by atoms with Gasteiger partial charge in [-0.2, -0.15) is 0 Å². The van der Waals surface area contributed by atoms with Crippen LogP contribution in [-0.4, -0.2) is 48.0 Å². The molecule has 7 nitrogen and oxygen atoms in total. The number of aliphatic carboxylic acids is 2. The van der Waals surface area contributed by atoms with E-state index in [2.05, 4.69) is 17.4 Å². The predicted octanol–water partition coefficient (Wildman–Crippen LogP) is 3.11. The Bertz CT molecular complexity index is 784. The minimum absolute atomic E-state index is 0.309. The summed E-state index contributed by atoms with van der Waals surface area (Å²) in [6.07, 6.45) is 3.41. The average Bonchev–Trinajstić information content (AvgIpc) is 2.74. The van der Waals surface area contributed by atoms with Crippen LogP contribution in [0.4, 0.5) is 0 Å². The summed E-state index contributed by atoms with van der Waals surface area (Å²) < 4.78 is 11.7. The van der Waals surface area contributed by atoms with Crippen LogP contribution in [0.5, 0.6) is 11.5 Å². The average molecular weight is 399 g/mol. The second-order valence-electron chi connectivity index (χ2n) is 6.27. The first-order valence-electron chi connectivity index (χ1n) is 9.31. The number of rotatable bonds is 7. The van der Waals surface area contributed by atoms with Crippen LogP contribution < -0.4 is 10.1 Å². The van der Waals surface area contributed by atoms with Crippen LogP contribution in [-0.2, 0) is 20.7 Å². The van der Waals surface area contributed by atoms with Gasteiger partial charge in [-0.25, -0.2) is 9.59 Å². The zero-order valence-corrected chi connectivity index (χ0v) is 16.0. The molecule has 1 aliphatic heterocycles. The number of carboxylic acids is 2. The number of hydrogen-bond acceptors (Lipinski definition) is 5. The predicted molar refractivity (Wildman–Crippen MR) is 108 cm³/mol. The van der Waals surface area contributed by atoms with E-state index in [0.29, 0.717) is 18.3 Å². The highest BCUT2D eigenvalue weighted by Gasteiger charge is 2.14. The van der Waals surface area contributed by atoms with Crippen LogP contribution in [0.15, 0.2) is 66.7 Å². The van der Waals surface area contributed by atoms with E-state index >= 15 is 0 Å². The van der Waals surface area contributed by atoms with Crippen LogP contribution in [0.1, 0.15) is 12.0 Å². The maximum absolute atomic E-state index is 9.55. The molecule has 3 rings (SSSR count). The van der Waals surface area contributed by atoms with Crippen molar-refractivity contribution in [2.45, 2.75) is 18.9 Å². The maximum Gasteiger partial charge on any atom is 0.328 e. The van der Waals surface area contributed by atoms with Crippen LogP contribution in [0, 0.1) is 0 Å². The molecular weight excluding hydrogens is 374 g/mol. The fourth-order valence-electron chi connectivity index (χ4n) is 2.69. The van der Waals surface area contributed by atoms with Crippen LogP contribution in [0.2, 0.25) is 0 Å². The molecule has 154 valence electrons. The molecular formula is C22H25NO6. The Morgan fingerprint density at radius 3 is 2.31 bits per heavy atom. The molecule has 7 heteroatoms. The highest BCUT2D eigenvalue weighted by molar-refractivity contribution is 5.89. The van der Waals surface area contributed by atoms with E-state index in [4.69, 9.17) is 19.7 Å². The van der Waals surface area contributed by atoms with Gasteiger partial charge in [0.15, 0.2) is 0 Å². The highest BCUT2D eigenvalue weighted by Crippen LogP contribution is 2.26. The molecule has 1 fully saturated rings. The smallest absolute Gasteiger partial charge is 0.328 e. The van der Waals surface area contributed by atoms with Gasteiger partial charge in [0.05, 0.1) is 12.7 Å². The fourth-order valence-corrected chi connectivity index (χ4v) is 2.69. The molecule has 1 heterocycles. The molecule has 3 N–H and O–H groups in total. The summed E-state index contributed by atoms with van der Waals surface area (Å²) in [5, 5.41) is 19.0. The fraction of sp³-hybridized carbons (Fsp3) is 0.273. The number of carboxylic acid groups (broad SMARTS) is 2. The van der Waals surface area contributed by atoms with Crippen molar-refractivity contribution in [3.8, 4) is 11.5 Å². The quantitative estimate of drug-likeness (QED) is 0.615. The summed E-state index contributed by atoms with van der Waals surface area (Å²) in [5.41, 5.74) is 1.23. The summed E-state index contributed by atoms with van der Waals surface area (Å²) in [6.45, 7) is 2.72. The summed E-state index contributed by atoms with van der Waals surface area (Å²) in [4.78, 5) is 19.1. The maximum atomic E-state index is 9.55. The molecule has 1 atom stereocenters. The normalized spacial score (nSPS) is 15.9. The third kappa shape index (κ3) is 9.05. The second-order valence-corrected chi connectivity index (χ2v) is 6.27. The molecule has 0 aliphatic carbocycles. The lowest BCUT2D eigenvalue weighted by Crippen LogP contribution is -2.38. The number of para-hydroxylation sites is 2. The Balaban J connectivity index is 0.000000321. The van der Waals surface area contributed by atoms with Crippen molar-refractivity contribution >= 4 is 11.9 Å². The van der Waals surface area contributed by atoms with E-state index in [1.807, 2.05) is 42.5 Å². The number of morpholine rings is 1. The molecule has 0 amide bonds. The van der Waals surface area contributed by atoms with Gasteiger partial charge in [-0.1, -0.05) is 36.4 Å². The van der Waals surface area contributed by atoms with Gasteiger partial charge < -0.3 is 25.0 Å². The first-order chi connectivity index (χ1) is 14.0. The molecule has 0 bridgehead atoms. The first kappa shape index (κ1) is 22.1. The minimum atomic E-state index is -1.26. The van der Waals surface area contributed by atoms with Gasteiger partial charge in [-0.3, -0.25) is 0 Å². The largest absolute Gasteiger partial charge is 0.478 e. The molecule has 0 spiro atoms. The lowest BCUT2D eigenvalue weighted by atomic mass is 10.1. The van der Waals surface area contributed by atoms with E-state index in [-0.39, 0.29) is 0 Å². The first-order valence-corrected chi connectivity index (χ1v) is 9.31. The molecule has 1 unspecified atom stereocenters. The molecule has 1 aliphatic rings. The van der Waals surface area contributed by atoms with Crippen LogP contribution >= 0.6 is 0 Å². The van der Waals surface area contributed by atoms with E-state index in [1.165, 1.54) is 5.56 Å². The van der Waals surface area contributed by atoms with E-state index < -0.39 is 11.9 Å². The number of nitrogens with one attached hydrogen (secondary N) is 1. The zero-order valence-electron chi connectivity index (χ0n) is 16.0. The van der Waals surface area contributed by atoms with Crippen molar-refractivity contribution in [2.24, 2.45) is 0 Å². The van der Waals surface area contributed by atoms with Crippen molar-refractivity contribution in [1.82, 2.24) is 5.32 Å². The molecule has 29 heavy (non-hydrogen) atoms. The lowest BCUT2D eigenvalue weighted by Gasteiger charge is -2.23. The Labute approximate surface area is 169 Å². The number of benzene rings is 2. The topological polar surface area (TPSA) is 105 Å². The van der Waals surface area contributed by atoms with Crippen molar-refractivity contribution < 1.29 is 29.3 Å². The van der Waals surface area contributed by atoms with Crippen molar-refractivity contribution in [2.75, 3.05) is 19.7 Å². The van der Waals surface area contributed by atoms with Gasteiger partial charge in [0.25, 0.3) is 0 Å². The minimum Gasteiger partial charge on any atom is -0.478 e. The van der Waals surface area contributed by atoms with E-state index in [1.54, 1.807) is 0 Å². The summed E-state index contributed by atoms with van der Waals surface area (Å²) >= 11 is 0. The Morgan fingerprint density at radius 2 is 1.69 bits per heavy atom. The Hall–Kier alpha value is -3.16. The Kier molecular flexibility index (Phi) is 9.41. The molecule has 2 aromatic rings. The molecule has 0 saturated carbocycles. The number of ether oxygens (including phenoxy) is 2. The van der Waals surface area contributed by atoms with E-state index in [9.17, 15) is 9.59 Å². The van der Waals surface area contributed by atoms with Gasteiger partial charge >= 0.3 is 11.9 Å². The number of hydrogen-bond donors (Lipinski definition) is 3. The van der Waals surface area contributed by atoms with Crippen molar-refractivity contribution in [3.05, 3.63) is 72.3 Å². The molecule has 1 saturated heterocycles. The summed E-state index contributed by atoms with van der Waals surface area (Å²) in [5.74, 6) is -0.701. The lowest BCUT2D eigenvalue weighted by molar-refractivity contribution is -0.134. The summed E-state index contributed by atoms with van der Waals surface area (Å²) in [6, 6.07) is 18.2. The third-order valence-electron chi connectivity index (χ3n) is 4.05. The zero-order chi connectivity index (χ0) is 20.9. The van der Waals surface area contributed by atoms with Crippen LogP contribution in [0.25, 0.3) is 0 Å². The van der Waals surface area contributed by atoms with Crippen molar-refractivity contribution in [3.63, 3.8) is 0 Å². The Morgan fingerprint density at radius 1 is 1.03 bits per heavy atom. The second kappa shape index (κ2) is 12.3. The molecule has 0 radical (unpaired) electrons. The summed E-state index contributed by atoms with van der Waals surface area (Å²) in [7, 11) is 0. The monoisotopic (exact) mass is 399 g/mol. The highest BCUT2D eigenvalue weighted by atomic mass is 16.5. The van der Waals surface area contributed by atoms with Crippen molar-refractivity contribution in [1.29, 1.82) is 0 Å². The number of aryl methyl sites for hydroxylation is 1. The SMILES string of the molecule is O=C(O)/C=C\C(=O)O.c1ccc(Oc2ccccc2CCC2CNCCO2)cc1. The molecule has 0 aromatic heterocycles. The number of carbonyl (C=O) groups is 2. The third-order valence-corrected chi connectivity index (χ3v) is 4.05.